The topological polar surface area (TPSA) is 59.1 Å². The molecule has 0 spiro atoms. The first-order valence-corrected chi connectivity index (χ1v) is 12.6. The van der Waals surface area contributed by atoms with Gasteiger partial charge in [0.25, 0.3) is 0 Å². The van der Waals surface area contributed by atoms with E-state index in [2.05, 4.69) is 11.4 Å². The lowest BCUT2D eigenvalue weighted by molar-refractivity contribution is -0.144. The van der Waals surface area contributed by atoms with Crippen molar-refractivity contribution < 1.29 is 19.1 Å². The maximum Gasteiger partial charge on any atom is 0.242 e. The summed E-state index contributed by atoms with van der Waals surface area (Å²) < 4.78 is 11.4. The Morgan fingerprint density at radius 2 is 1.97 bits per heavy atom. The van der Waals surface area contributed by atoms with Gasteiger partial charge < -0.3 is 19.3 Å². The number of rotatable bonds is 10. The molecule has 2 heterocycles. The lowest BCUT2D eigenvalue weighted by atomic mass is 10.00. The van der Waals surface area contributed by atoms with Gasteiger partial charge in [-0.05, 0) is 54.8 Å². The quantitative estimate of drug-likeness (QED) is 0.492. The normalized spacial score (nSPS) is 16.3. The predicted octanol–water partition coefficient (Wildman–Crippen LogP) is 4.93. The van der Waals surface area contributed by atoms with Crippen LogP contribution in [0.15, 0.2) is 35.7 Å². The molecule has 3 rings (SSSR count). The average molecular weight is 473 g/mol. The third-order valence-electron chi connectivity index (χ3n) is 6.20. The first-order chi connectivity index (χ1) is 15.8. The van der Waals surface area contributed by atoms with Gasteiger partial charge in [0.05, 0.1) is 13.2 Å². The Labute approximate surface area is 201 Å². The lowest BCUT2D eigenvalue weighted by Gasteiger charge is -2.38. The van der Waals surface area contributed by atoms with Gasteiger partial charge in [0.2, 0.25) is 11.8 Å². The van der Waals surface area contributed by atoms with Gasteiger partial charge in [0.1, 0.15) is 24.7 Å². The monoisotopic (exact) mass is 472 g/mol. The fourth-order valence-electron chi connectivity index (χ4n) is 4.15. The molecule has 1 aliphatic rings. The van der Waals surface area contributed by atoms with E-state index in [1.165, 1.54) is 4.88 Å². The van der Waals surface area contributed by atoms with Crippen molar-refractivity contribution in [3.63, 3.8) is 0 Å². The van der Waals surface area contributed by atoms with Crippen molar-refractivity contribution in [2.45, 2.75) is 59.0 Å². The van der Waals surface area contributed by atoms with Crippen LogP contribution in [0.5, 0.6) is 11.5 Å². The summed E-state index contributed by atoms with van der Waals surface area (Å²) in [4.78, 5) is 31.4. The highest BCUT2D eigenvalue weighted by Crippen LogP contribution is 2.34. The molecule has 0 saturated carbocycles. The second-order valence-corrected chi connectivity index (χ2v) is 10.0. The summed E-state index contributed by atoms with van der Waals surface area (Å²) in [5.41, 5.74) is 1.14. The van der Waals surface area contributed by atoms with E-state index < -0.39 is 0 Å². The zero-order chi connectivity index (χ0) is 24.0. The zero-order valence-corrected chi connectivity index (χ0v) is 21.2. The van der Waals surface area contributed by atoms with Crippen LogP contribution in [0, 0.1) is 5.92 Å². The van der Waals surface area contributed by atoms with Crippen molar-refractivity contribution >= 4 is 23.2 Å². The van der Waals surface area contributed by atoms with Crippen LogP contribution in [0.25, 0.3) is 0 Å². The van der Waals surface area contributed by atoms with Crippen molar-refractivity contribution in [3.05, 3.63) is 46.2 Å². The summed E-state index contributed by atoms with van der Waals surface area (Å²) in [6.07, 6.45) is 2.10. The second kappa shape index (κ2) is 11.5. The maximum atomic E-state index is 13.5. The molecule has 0 saturated heterocycles. The fraction of sp³-hybridized carbons (Fsp3) is 0.538. The molecule has 180 valence electrons. The van der Waals surface area contributed by atoms with Crippen LogP contribution in [-0.2, 0) is 16.0 Å². The molecular formula is C26H36N2O4S. The number of thiophene rings is 1. The van der Waals surface area contributed by atoms with Crippen LogP contribution in [0.2, 0.25) is 0 Å². The molecule has 7 heteroatoms. The Morgan fingerprint density at radius 1 is 1.21 bits per heavy atom. The van der Waals surface area contributed by atoms with Crippen molar-refractivity contribution in [3.8, 4) is 11.5 Å². The Hall–Kier alpha value is -2.54. The number of amides is 2. The van der Waals surface area contributed by atoms with Gasteiger partial charge in [-0.25, -0.2) is 0 Å². The minimum Gasteiger partial charge on any atom is -0.497 e. The van der Waals surface area contributed by atoms with Crippen LogP contribution in [0.1, 0.15) is 57.0 Å². The first kappa shape index (κ1) is 25.1. The van der Waals surface area contributed by atoms with E-state index in [1.54, 1.807) is 23.3 Å². The van der Waals surface area contributed by atoms with E-state index in [4.69, 9.17) is 9.47 Å². The molecule has 0 aliphatic carbocycles. The highest BCUT2D eigenvalue weighted by Gasteiger charge is 2.34. The SMILES string of the molecule is CC[C@@H](C)N(CC(=O)N1CCc2sccc2[C@H]1COc1cccc(OC)c1)C(=O)CC(C)C. The largest absolute Gasteiger partial charge is 0.497 e. The number of methoxy groups -OCH3 is 1. The number of hydrogen-bond acceptors (Lipinski definition) is 5. The van der Waals surface area contributed by atoms with Gasteiger partial charge >= 0.3 is 0 Å². The zero-order valence-electron chi connectivity index (χ0n) is 20.4. The number of hydrogen-bond donors (Lipinski definition) is 0. The molecule has 0 radical (unpaired) electrons. The van der Waals surface area contributed by atoms with Crippen molar-refractivity contribution in [1.82, 2.24) is 9.80 Å². The third kappa shape index (κ3) is 6.28. The first-order valence-electron chi connectivity index (χ1n) is 11.8. The highest BCUT2D eigenvalue weighted by molar-refractivity contribution is 7.10. The van der Waals surface area contributed by atoms with Gasteiger partial charge in [-0.15, -0.1) is 11.3 Å². The molecule has 2 atom stereocenters. The summed E-state index contributed by atoms with van der Waals surface area (Å²) in [6, 6.07) is 9.43. The molecule has 0 N–H and O–H groups in total. The van der Waals surface area contributed by atoms with E-state index in [0.717, 1.165) is 24.2 Å². The molecular weight excluding hydrogens is 436 g/mol. The standard InChI is InChI=1S/C26H36N2O4S/c1-6-19(4)28(25(29)14-18(2)3)16-26(30)27-12-10-24-22(11-13-33-24)23(27)17-32-21-9-7-8-20(15-21)31-5/h7-9,11,13,15,18-19,23H,6,10,12,14,16-17H2,1-5H3/t19-,23-/m1/s1. The smallest absolute Gasteiger partial charge is 0.242 e. The third-order valence-corrected chi connectivity index (χ3v) is 7.19. The van der Waals surface area contributed by atoms with Gasteiger partial charge in [0.15, 0.2) is 0 Å². The summed E-state index contributed by atoms with van der Waals surface area (Å²) in [6.45, 7) is 9.22. The van der Waals surface area contributed by atoms with Crippen molar-refractivity contribution in [2.24, 2.45) is 5.92 Å². The van der Waals surface area contributed by atoms with Gasteiger partial charge in [-0.1, -0.05) is 26.8 Å². The molecule has 33 heavy (non-hydrogen) atoms. The van der Waals surface area contributed by atoms with Crippen molar-refractivity contribution in [2.75, 3.05) is 26.8 Å². The Bertz CT molecular complexity index is 942. The summed E-state index contributed by atoms with van der Waals surface area (Å²) in [7, 11) is 1.63. The minimum atomic E-state index is -0.183. The summed E-state index contributed by atoms with van der Waals surface area (Å²) in [5, 5.41) is 2.08. The van der Waals surface area contributed by atoms with E-state index in [0.29, 0.717) is 25.3 Å². The predicted molar refractivity (Wildman–Crippen MR) is 132 cm³/mol. The van der Waals surface area contributed by atoms with Gasteiger partial charge in [0, 0.05) is 30.0 Å². The van der Waals surface area contributed by atoms with Crippen LogP contribution in [0.4, 0.5) is 0 Å². The molecule has 1 aromatic heterocycles. The summed E-state index contributed by atoms with van der Waals surface area (Å²) >= 11 is 1.73. The van der Waals surface area contributed by atoms with Crippen molar-refractivity contribution in [1.29, 1.82) is 0 Å². The van der Waals surface area contributed by atoms with Gasteiger partial charge in [-0.3, -0.25) is 9.59 Å². The lowest BCUT2D eigenvalue weighted by Crippen LogP contribution is -2.50. The van der Waals surface area contributed by atoms with E-state index >= 15 is 0 Å². The average Bonchev–Trinajstić information content (AvgIpc) is 3.29. The number of nitrogens with zero attached hydrogens (tertiary/aromatic N) is 2. The number of ether oxygens (including phenoxy) is 2. The van der Waals surface area contributed by atoms with E-state index in [-0.39, 0.29) is 36.4 Å². The molecule has 0 unspecified atom stereocenters. The van der Waals surface area contributed by atoms with E-state index in [1.807, 2.05) is 56.9 Å². The second-order valence-electron chi connectivity index (χ2n) is 9.02. The molecule has 6 nitrogen and oxygen atoms in total. The molecule has 2 aromatic rings. The number of carbonyl (C=O) groups excluding carboxylic acids is 2. The number of benzene rings is 1. The van der Waals surface area contributed by atoms with Crippen LogP contribution in [-0.4, -0.2) is 54.5 Å². The molecule has 1 aromatic carbocycles. The molecule has 0 bridgehead atoms. The van der Waals surface area contributed by atoms with Crippen LogP contribution < -0.4 is 9.47 Å². The summed E-state index contributed by atoms with van der Waals surface area (Å²) in [5.74, 6) is 1.71. The number of carbonyl (C=O) groups is 2. The Morgan fingerprint density at radius 3 is 2.67 bits per heavy atom. The fourth-order valence-corrected chi connectivity index (χ4v) is 5.08. The highest BCUT2D eigenvalue weighted by atomic mass is 32.1. The minimum absolute atomic E-state index is 0.0215. The van der Waals surface area contributed by atoms with Gasteiger partial charge in [-0.2, -0.15) is 0 Å². The molecule has 0 fully saturated rings. The molecule has 2 amide bonds. The number of fused-ring (bicyclic) bond motifs is 1. The van der Waals surface area contributed by atoms with E-state index in [9.17, 15) is 9.59 Å². The Kier molecular flexibility index (Phi) is 8.78. The van der Waals surface area contributed by atoms with Crippen LogP contribution >= 0.6 is 11.3 Å². The van der Waals surface area contributed by atoms with Crippen LogP contribution in [0.3, 0.4) is 0 Å². The maximum absolute atomic E-state index is 13.5. The Balaban J connectivity index is 1.78. The molecule has 1 aliphatic heterocycles.